The van der Waals surface area contributed by atoms with Gasteiger partial charge in [-0.25, -0.2) is 0 Å². The van der Waals surface area contributed by atoms with Crippen LogP contribution in [0.4, 0.5) is 0 Å². The summed E-state index contributed by atoms with van der Waals surface area (Å²) < 4.78 is 7.39. The number of carbonyl (C=O) groups is 2. The van der Waals surface area contributed by atoms with Gasteiger partial charge in [-0.15, -0.1) is 0 Å². The smallest absolute Gasteiger partial charge is 0.250 e. The third-order valence-electron chi connectivity index (χ3n) is 7.70. The number of furan rings is 1. The minimum absolute atomic E-state index is 0.0335. The molecule has 4 heterocycles. The minimum atomic E-state index is -0.0335. The quantitative estimate of drug-likeness (QED) is 0.732. The molecule has 2 aliphatic heterocycles. The molecule has 0 spiro atoms. The van der Waals surface area contributed by atoms with Crippen molar-refractivity contribution in [1.82, 2.24) is 14.8 Å². The van der Waals surface area contributed by atoms with E-state index in [1.54, 1.807) is 12.3 Å². The summed E-state index contributed by atoms with van der Waals surface area (Å²) in [6.07, 6.45) is 8.41. The zero-order valence-corrected chi connectivity index (χ0v) is 19.1. The van der Waals surface area contributed by atoms with Crippen molar-refractivity contribution in [3.8, 4) is 0 Å². The summed E-state index contributed by atoms with van der Waals surface area (Å²) in [6, 6.07) is 9.47. The van der Waals surface area contributed by atoms with E-state index in [1.807, 2.05) is 33.7 Å². The van der Waals surface area contributed by atoms with Crippen molar-refractivity contribution < 1.29 is 14.0 Å². The second-order valence-electron chi connectivity index (χ2n) is 10.00. The number of likely N-dealkylation sites (tertiary alicyclic amines) is 1. The highest BCUT2D eigenvalue weighted by atomic mass is 16.3. The molecular weight excluding hydrogens is 418 g/mol. The third-order valence-corrected chi connectivity index (χ3v) is 7.70. The minimum Gasteiger partial charge on any atom is -0.469 e. The molecule has 5 rings (SSSR count). The Morgan fingerprint density at radius 3 is 2.76 bits per heavy atom. The van der Waals surface area contributed by atoms with Crippen molar-refractivity contribution in [2.45, 2.75) is 69.9 Å². The lowest BCUT2D eigenvalue weighted by Gasteiger charge is -2.42. The summed E-state index contributed by atoms with van der Waals surface area (Å²) in [6.45, 7) is 1.98. The summed E-state index contributed by atoms with van der Waals surface area (Å²) in [7, 11) is 0. The predicted octanol–water partition coefficient (Wildman–Crippen LogP) is 3.08. The van der Waals surface area contributed by atoms with Crippen molar-refractivity contribution >= 4 is 11.8 Å². The van der Waals surface area contributed by atoms with Gasteiger partial charge in [0.1, 0.15) is 5.76 Å². The van der Waals surface area contributed by atoms with E-state index in [0.29, 0.717) is 31.5 Å². The molecule has 0 aromatic carbocycles. The second kappa shape index (κ2) is 9.57. The van der Waals surface area contributed by atoms with Crippen molar-refractivity contribution in [1.29, 1.82) is 0 Å². The molecule has 1 saturated carbocycles. The van der Waals surface area contributed by atoms with Gasteiger partial charge >= 0.3 is 0 Å². The molecule has 2 fully saturated rings. The highest BCUT2D eigenvalue weighted by Crippen LogP contribution is 2.35. The number of fused-ring (bicyclic) bond motifs is 4. The maximum Gasteiger partial charge on any atom is 0.250 e. The molecule has 4 atom stereocenters. The van der Waals surface area contributed by atoms with E-state index >= 15 is 0 Å². The Morgan fingerprint density at radius 1 is 1.03 bits per heavy atom. The van der Waals surface area contributed by atoms with Crippen LogP contribution in [0.3, 0.4) is 0 Å². The number of hydrogen-bond donors (Lipinski definition) is 1. The van der Waals surface area contributed by atoms with Crippen LogP contribution in [0.15, 0.2) is 45.8 Å². The van der Waals surface area contributed by atoms with Crippen LogP contribution in [-0.4, -0.2) is 40.4 Å². The number of amides is 2. The first kappa shape index (κ1) is 22.0. The number of carbonyl (C=O) groups excluding carboxylic acids is 2. The fourth-order valence-corrected chi connectivity index (χ4v) is 6.09. The first-order chi connectivity index (χ1) is 16.1. The largest absolute Gasteiger partial charge is 0.469 e. The van der Waals surface area contributed by atoms with Crippen LogP contribution in [0.1, 0.15) is 62.3 Å². The Hall–Kier alpha value is -2.83. The van der Waals surface area contributed by atoms with Crippen LogP contribution in [0.25, 0.3) is 0 Å². The average Bonchev–Trinajstić information content (AvgIpc) is 3.32. The fourth-order valence-electron chi connectivity index (χ4n) is 6.09. The van der Waals surface area contributed by atoms with E-state index in [4.69, 9.17) is 4.42 Å². The van der Waals surface area contributed by atoms with Gasteiger partial charge in [-0.2, -0.15) is 0 Å². The number of rotatable bonds is 6. The third kappa shape index (κ3) is 4.92. The van der Waals surface area contributed by atoms with E-state index in [9.17, 15) is 14.4 Å². The Bertz CT molecular complexity index is 1040. The Balaban J connectivity index is 1.13. The normalized spacial score (nSPS) is 26.5. The van der Waals surface area contributed by atoms with Gasteiger partial charge in [0, 0.05) is 62.6 Å². The molecule has 2 aromatic heterocycles. The second-order valence-corrected chi connectivity index (χ2v) is 10.00. The monoisotopic (exact) mass is 451 g/mol. The molecule has 3 aliphatic rings. The van der Waals surface area contributed by atoms with Gasteiger partial charge in [-0.1, -0.05) is 18.9 Å². The molecule has 1 aliphatic carbocycles. The van der Waals surface area contributed by atoms with Crippen LogP contribution in [-0.2, 0) is 22.6 Å². The SMILES string of the molecule is O=C(CCC(=O)N1C[C@@H]2C[C@H](C1)c1cccc(=O)n1C2)NC1CCCCC1Cc1ccco1. The zero-order valence-electron chi connectivity index (χ0n) is 19.1. The number of hydrogen-bond acceptors (Lipinski definition) is 4. The first-order valence-corrected chi connectivity index (χ1v) is 12.4. The zero-order chi connectivity index (χ0) is 22.8. The Labute approximate surface area is 194 Å². The van der Waals surface area contributed by atoms with Crippen molar-refractivity contribution in [3.63, 3.8) is 0 Å². The molecule has 0 radical (unpaired) electrons. The number of piperidine rings is 1. The molecular formula is C26H33N3O4. The van der Waals surface area contributed by atoms with Crippen molar-refractivity contribution in [2.75, 3.05) is 13.1 Å². The molecule has 1 saturated heterocycles. The summed E-state index contributed by atoms with van der Waals surface area (Å²) in [4.78, 5) is 39.8. The van der Waals surface area contributed by atoms with Gasteiger partial charge in [0.25, 0.3) is 5.56 Å². The number of pyridine rings is 1. The maximum atomic E-state index is 12.9. The highest BCUT2D eigenvalue weighted by molar-refractivity contribution is 5.84. The molecule has 7 heteroatoms. The fraction of sp³-hybridized carbons (Fsp3) is 0.577. The van der Waals surface area contributed by atoms with E-state index < -0.39 is 0 Å². The van der Waals surface area contributed by atoms with Gasteiger partial charge in [0.05, 0.1) is 6.26 Å². The summed E-state index contributed by atoms with van der Waals surface area (Å²) >= 11 is 0. The van der Waals surface area contributed by atoms with Gasteiger partial charge in [-0.05, 0) is 49.3 Å². The van der Waals surface area contributed by atoms with Crippen LogP contribution in [0, 0.1) is 11.8 Å². The van der Waals surface area contributed by atoms with Crippen molar-refractivity contribution in [3.05, 3.63) is 58.4 Å². The van der Waals surface area contributed by atoms with Crippen LogP contribution >= 0.6 is 0 Å². The molecule has 2 amide bonds. The maximum absolute atomic E-state index is 12.9. The van der Waals surface area contributed by atoms with E-state index in [-0.39, 0.29) is 42.2 Å². The van der Waals surface area contributed by atoms with E-state index in [0.717, 1.165) is 43.6 Å². The summed E-state index contributed by atoms with van der Waals surface area (Å²) in [5, 5.41) is 3.21. The number of nitrogens with one attached hydrogen (secondary N) is 1. The topological polar surface area (TPSA) is 84.5 Å². The van der Waals surface area contributed by atoms with Crippen LogP contribution in [0.5, 0.6) is 0 Å². The molecule has 2 unspecified atom stereocenters. The molecule has 1 N–H and O–H groups in total. The number of aromatic nitrogens is 1. The molecule has 2 bridgehead atoms. The highest BCUT2D eigenvalue weighted by Gasteiger charge is 2.36. The van der Waals surface area contributed by atoms with Gasteiger partial charge in [-0.3, -0.25) is 14.4 Å². The van der Waals surface area contributed by atoms with Gasteiger partial charge in [0.15, 0.2) is 0 Å². The molecule has 176 valence electrons. The lowest BCUT2D eigenvalue weighted by molar-refractivity contribution is -0.136. The molecule has 2 aromatic rings. The van der Waals surface area contributed by atoms with Gasteiger partial charge < -0.3 is 19.2 Å². The Kier molecular flexibility index (Phi) is 6.38. The first-order valence-electron chi connectivity index (χ1n) is 12.4. The lowest BCUT2D eigenvalue weighted by Crippen LogP contribution is -2.49. The summed E-state index contributed by atoms with van der Waals surface area (Å²) in [5.41, 5.74) is 1.08. The van der Waals surface area contributed by atoms with Crippen LogP contribution in [0.2, 0.25) is 0 Å². The van der Waals surface area contributed by atoms with E-state index in [1.165, 1.54) is 6.42 Å². The van der Waals surface area contributed by atoms with Crippen molar-refractivity contribution in [2.24, 2.45) is 11.8 Å². The standard InChI is InChI=1S/C26H33N3O4/c30-24(27-22-7-2-1-5-19(22)14-21-6-4-12-33-21)10-11-25(31)28-15-18-13-20(17-28)23-8-3-9-26(32)29(23)16-18/h3-4,6,8-9,12,18-20,22H,1-2,5,7,10-11,13-17H2,(H,27,30)/t18-,19?,20+,22?/m0/s1. The summed E-state index contributed by atoms with van der Waals surface area (Å²) in [5.74, 6) is 1.87. The molecule has 33 heavy (non-hydrogen) atoms. The van der Waals surface area contributed by atoms with E-state index in [2.05, 4.69) is 5.32 Å². The Morgan fingerprint density at radius 2 is 1.91 bits per heavy atom. The average molecular weight is 452 g/mol. The van der Waals surface area contributed by atoms with Crippen LogP contribution < -0.4 is 10.9 Å². The predicted molar refractivity (Wildman–Crippen MR) is 124 cm³/mol. The number of nitrogens with zero attached hydrogens (tertiary/aromatic N) is 2. The van der Waals surface area contributed by atoms with Gasteiger partial charge in [0.2, 0.25) is 11.8 Å². The molecule has 7 nitrogen and oxygen atoms in total. The lowest BCUT2D eigenvalue weighted by atomic mass is 9.81.